The van der Waals surface area contributed by atoms with Crippen LogP contribution in [0.15, 0.2) is 53.4 Å². The third kappa shape index (κ3) is 4.29. The third-order valence-corrected chi connectivity index (χ3v) is 7.31. The zero-order valence-corrected chi connectivity index (χ0v) is 18.8. The van der Waals surface area contributed by atoms with Crippen LogP contribution in [0.4, 0.5) is 0 Å². The number of fused-ring (bicyclic) bond motifs is 3. The first-order valence-electron chi connectivity index (χ1n) is 9.80. The number of amides is 1. The van der Waals surface area contributed by atoms with Gasteiger partial charge in [0.15, 0.2) is 0 Å². The SMILES string of the molecule is N#Cc1cc2ccccc2c2c1SCCN(CC(CC=O)c1ccc(Cl)c(Cl)c1)C2=O. The summed E-state index contributed by atoms with van der Waals surface area (Å²) >= 11 is 13.8. The van der Waals surface area contributed by atoms with Crippen molar-refractivity contribution in [1.29, 1.82) is 5.26 Å². The Hall–Kier alpha value is -2.52. The highest BCUT2D eigenvalue weighted by atomic mass is 35.5. The summed E-state index contributed by atoms with van der Waals surface area (Å²) in [5.74, 6) is 0.346. The van der Waals surface area contributed by atoms with Gasteiger partial charge in [0.25, 0.3) is 5.91 Å². The fraction of sp³-hybridized carbons (Fsp3) is 0.208. The van der Waals surface area contributed by atoms with Crippen molar-refractivity contribution < 1.29 is 9.59 Å². The molecule has 0 spiro atoms. The lowest BCUT2D eigenvalue weighted by molar-refractivity contribution is -0.108. The molecule has 3 aromatic rings. The summed E-state index contributed by atoms with van der Waals surface area (Å²) in [4.78, 5) is 27.6. The molecular weight excluding hydrogens is 451 g/mol. The molecule has 0 radical (unpaired) electrons. The van der Waals surface area contributed by atoms with E-state index in [1.807, 2.05) is 36.4 Å². The second-order valence-corrected chi connectivity index (χ2v) is 9.25. The molecule has 1 aliphatic heterocycles. The number of benzene rings is 3. The van der Waals surface area contributed by atoms with Crippen molar-refractivity contribution in [1.82, 2.24) is 4.90 Å². The molecule has 1 unspecified atom stereocenters. The molecule has 0 saturated heterocycles. The minimum absolute atomic E-state index is 0.121. The highest BCUT2D eigenvalue weighted by Gasteiger charge is 2.29. The Labute approximate surface area is 194 Å². The lowest BCUT2D eigenvalue weighted by atomic mass is 9.94. The Morgan fingerprint density at radius 1 is 1.16 bits per heavy atom. The number of halogens is 2. The molecule has 1 atom stereocenters. The predicted octanol–water partition coefficient (Wildman–Crippen LogP) is 5.94. The van der Waals surface area contributed by atoms with Crippen LogP contribution in [0.1, 0.15) is 33.8 Å². The van der Waals surface area contributed by atoms with E-state index in [2.05, 4.69) is 6.07 Å². The molecule has 4 nitrogen and oxygen atoms in total. The van der Waals surface area contributed by atoms with Gasteiger partial charge in [0.05, 0.1) is 21.2 Å². The number of nitriles is 1. The van der Waals surface area contributed by atoms with Crippen molar-refractivity contribution in [3.05, 3.63) is 75.3 Å². The summed E-state index contributed by atoms with van der Waals surface area (Å²) in [5.41, 5.74) is 1.95. The van der Waals surface area contributed by atoms with E-state index < -0.39 is 0 Å². The van der Waals surface area contributed by atoms with Gasteiger partial charge in [-0.05, 0) is 34.5 Å². The van der Waals surface area contributed by atoms with Crippen LogP contribution in [0.25, 0.3) is 10.8 Å². The summed E-state index contributed by atoms with van der Waals surface area (Å²) in [6.07, 6.45) is 1.13. The number of aldehydes is 1. The summed E-state index contributed by atoms with van der Waals surface area (Å²) in [5, 5.41) is 12.2. The van der Waals surface area contributed by atoms with E-state index in [0.717, 1.165) is 27.5 Å². The highest BCUT2D eigenvalue weighted by Crippen LogP contribution is 2.37. The Balaban J connectivity index is 1.75. The van der Waals surface area contributed by atoms with E-state index in [-0.39, 0.29) is 18.2 Å². The molecule has 0 N–H and O–H groups in total. The van der Waals surface area contributed by atoms with E-state index in [0.29, 0.717) is 40.0 Å². The van der Waals surface area contributed by atoms with E-state index >= 15 is 0 Å². The van der Waals surface area contributed by atoms with Crippen LogP contribution in [0, 0.1) is 11.3 Å². The first kappa shape index (κ1) is 21.7. The monoisotopic (exact) mass is 468 g/mol. The molecule has 0 aromatic heterocycles. The largest absolute Gasteiger partial charge is 0.337 e. The van der Waals surface area contributed by atoms with Crippen molar-refractivity contribution in [3.63, 3.8) is 0 Å². The van der Waals surface area contributed by atoms with Gasteiger partial charge in [-0.3, -0.25) is 4.79 Å². The van der Waals surface area contributed by atoms with E-state index in [9.17, 15) is 14.9 Å². The van der Waals surface area contributed by atoms with Gasteiger partial charge in [-0.2, -0.15) is 5.26 Å². The first-order valence-corrected chi connectivity index (χ1v) is 11.5. The van der Waals surface area contributed by atoms with Crippen LogP contribution in [-0.4, -0.2) is 35.9 Å². The van der Waals surface area contributed by atoms with E-state index in [1.165, 1.54) is 11.8 Å². The van der Waals surface area contributed by atoms with Crippen LogP contribution >= 0.6 is 35.0 Å². The van der Waals surface area contributed by atoms with Gasteiger partial charge in [0.1, 0.15) is 12.4 Å². The zero-order valence-electron chi connectivity index (χ0n) is 16.5. The molecule has 1 heterocycles. The summed E-state index contributed by atoms with van der Waals surface area (Å²) in [6.45, 7) is 0.898. The van der Waals surface area contributed by atoms with E-state index in [4.69, 9.17) is 23.2 Å². The number of carbonyl (C=O) groups is 2. The Kier molecular flexibility index (Phi) is 6.52. The maximum absolute atomic E-state index is 13.7. The van der Waals surface area contributed by atoms with Crippen LogP contribution in [0.2, 0.25) is 10.0 Å². The van der Waals surface area contributed by atoms with E-state index in [1.54, 1.807) is 17.0 Å². The predicted molar refractivity (Wildman–Crippen MR) is 125 cm³/mol. The second kappa shape index (κ2) is 9.32. The van der Waals surface area contributed by atoms with Gasteiger partial charge < -0.3 is 9.69 Å². The van der Waals surface area contributed by atoms with Crippen LogP contribution < -0.4 is 0 Å². The van der Waals surface area contributed by atoms with Crippen molar-refractivity contribution in [2.45, 2.75) is 17.2 Å². The summed E-state index contributed by atoms with van der Waals surface area (Å²) in [7, 11) is 0. The molecule has 0 aliphatic carbocycles. The molecule has 0 fully saturated rings. The normalized spacial score (nSPS) is 14.6. The molecule has 156 valence electrons. The minimum atomic E-state index is -0.201. The number of hydrogen-bond donors (Lipinski definition) is 0. The zero-order chi connectivity index (χ0) is 22.0. The third-order valence-electron chi connectivity index (χ3n) is 5.47. The molecule has 3 aromatic carbocycles. The standard InChI is InChI=1S/C24H18Cl2N2O2S/c25-20-6-5-15(12-21(20)26)17(7-9-29)14-28-8-10-31-23-18(13-27)11-16-3-1-2-4-19(16)22(23)24(28)30/h1-6,9,11-12,17H,7-8,10,14H2. The van der Waals surface area contributed by atoms with Gasteiger partial charge in [-0.1, -0.05) is 53.5 Å². The lowest BCUT2D eigenvalue weighted by Crippen LogP contribution is -2.36. The Morgan fingerprint density at radius 3 is 2.71 bits per heavy atom. The number of hydrogen-bond acceptors (Lipinski definition) is 4. The van der Waals surface area contributed by atoms with Gasteiger partial charge in [-0.15, -0.1) is 11.8 Å². The topological polar surface area (TPSA) is 61.2 Å². The van der Waals surface area contributed by atoms with Crippen LogP contribution in [-0.2, 0) is 4.79 Å². The molecule has 1 aliphatic rings. The van der Waals surface area contributed by atoms with Crippen LogP contribution in [0.5, 0.6) is 0 Å². The maximum atomic E-state index is 13.7. The molecule has 7 heteroatoms. The maximum Gasteiger partial charge on any atom is 0.255 e. The molecular formula is C24H18Cl2N2O2S. The average Bonchev–Trinajstić information content (AvgIpc) is 2.94. The van der Waals surface area contributed by atoms with Gasteiger partial charge in [-0.25, -0.2) is 0 Å². The summed E-state index contributed by atoms with van der Waals surface area (Å²) in [6, 6.07) is 17.0. The summed E-state index contributed by atoms with van der Waals surface area (Å²) < 4.78 is 0. The molecule has 4 rings (SSSR count). The van der Waals surface area contributed by atoms with Gasteiger partial charge in [0, 0.05) is 36.1 Å². The molecule has 0 saturated carbocycles. The number of carbonyl (C=O) groups excluding carboxylic acids is 2. The molecule has 0 bridgehead atoms. The van der Waals surface area contributed by atoms with Crippen molar-refractivity contribution >= 4 is 57.9 Å². The lowest BCUT2D eigenvalue weighted by Gasteiger charge is -2.26. The minimum Gasteiger partial charge on any atom is -0.337 e. The fourth-order valence-corrected chi connectivity index (χ4v) is 5.35. The number of nitrogens with zero attached hydrogens (tertiary/aromatic N) is 2. The number of thioether (sulfide) groups is 1. The number of rotatable bonds is 5. The average molecular weight is 469 g/mol. The second-order valence-electron chi connectivity index (χ2n) is 7.33. The van der Waals surface area contributed by atoms with Crippen molar-refractivity contribution in [2.24, 2.45) is 0 Å². The Morgan fingerprint density at radius 2 is 1.97 bits per heavy atom. The molecule has 31 heavy (non-hydrogen) atoms. The highest BCUT2D eigenvalue weighted by molar-refractivity contribution is 7.99. The van der Waals surface area contributed by atoms with Crippen molar-refractivity contribution in [3.8, 4) is 6.07 Å². The smallest absolute Gasteiger partial charge is 0.255 e. The van der Waals surface area contributed by atoms with Gasteiger partial charge in [0.2, 0.25) is 0 Å². The van der Waals surface area contributed by atoms with Gasteiger partial charge >= 0.3 is 0 Å². The quantitative estimate of drug-likeness (QED) is 0.434. The Bertz CT molecular complexity index is 1220. The first-order chi connectivity index (χ1) is 15.0. The van der Waals surface area contributed by atoms with Crippen molar-refractivity contribution in [2.75, 3.05) is 18.8 Å². The molecule has 1 amide bonds. The fourth-order valence-electron chi connectivity index (χ4n) is 3.93. The van der Waals surface area contributed by atoms with Crippen LogP contribution in [0.3, 0.4) is 0 Å².